The van der Waals surface area contributed by atoms with Crippen LogP contribution in [0.1, 0.15) is 5.56 Å². The molecule has 0 aromatic heterocycles. The number of rotatable bonds is 9. The van der Waals surface area contributed by atoms with Gasteiger partial charge in [0.2, 0.25) is 0 Å². The van der Waals surface area contributed by atoms with Gasteiger partial charge in [0.05, 0.1) is 13.7 Å². The predicted octanol–water partition coefficient (Wildman–Crippen LogP) is 0.556. The number of hydrogen-bond donors (Lipinski definition) is 2. The monoisotopic (exact) mass is 282 g/mol. The van der Waals surface area contributed by atoms with E-state index in [-0.39, 0.29) is 12.5 Å². The van der Waals surface area contributed by atoms with Gasteiger partial charge in [0.25, 0.3) is 5.91 Å². The third-order valence-corrected chi connectivity index (χ3v) is 2.60. The third-order valence-electron chi connectivity index (χ3n) is 2.60. The molecule has 1 aromatic rings. The highest BCUT2D eigenvalue weighted by Gasteiger charge is 2.08. The molecule has 1 rings (SSSR count). The Morgan fingerprint density at radius 3 is 2.70 bits per heavy atom. The van der Waals surface area contributed by atoms with Crippen LogP contribution in [0.2, 0.25) is 0 Å². The second-order valence-electron chi connectivity index (χ2n) is 4.15. The first-order chi connectivity index (χ1) is 9.71. The summed E-state index contributed by atoms with van der Waals surface area (Å²) in [5.74, 6) is 0.972. The molecule has 20 heavy (non-hydrogen) atoms. The highest BCUT2D eigenvalue weighted by molar-refractivity contribution is 5.77. The maximum atomic E-state index is 11.6. The summed E-state index contributed by atoms with van der Waals surface area (Å²) in [6.07, 6.45) is 0. The molecule has 0 spiro atoms. The van der Waals surface area contributed by atoms with E-state index < -0.39 is 0 Å². The molecule has 2 N–H and O–H groups in total. The minimum Gasteiger partial charge on any atom is -0.493 e. The van der Waals surface area contributed by atoms with Crippen LogP contribution in [0.15, 0.2) is 18.2 Å². The quantitative estimate of drug-likeness (QED) is 0.648. The van der Waals surface area contributed by atoms with Gasteiger partial charge >= 0.3 is 0 Å². The molecule has 0 radical (unpaired) electrons. The fourth-order valence-corrected chi connectivity index (χ4v) is 1.63. The number of carbonyl (C=O) groups excluding carboxylic acids is 1. The molecule has 112 valence electrons. The lowest BCUT2D eigenvalue weighted by atomic mass is 10.2. The van der Waals surface area contributed by atoms with Crippen LogP contribution in [-0.4, -0.2) is 46.9 Å². The van der Waals surface area contributed by atoms with Gasteiger partial charge in [-0.15, -0.1) is 0 Å². The standard InChI is InChI=1S/C14H22N2O4/c1-15-9-11-4-5-12(19-3)13(8-11)20-10-14(17)16-6-7-18-2/h4-5,8,15H,6-7,9-10H2,1-3H3,(H,16,17). The van der Waals surface area contributed by atoms with Gasteiger partial charge < -0.3 is 24.8 Å². The molecule has 0 aliphatic rings. The van der Waals surface area contributed by atoms with Crippen molar-refractivity contribution in [3.05, 3.63) is 23.8 Å². The number of hydrogen-bond acceptors (Lipinski definition) is 5. The van der Waals surface area contributed by atoms with Crippen molar-refractivity contribution in [3.8, 4) is 11.5 Å². The summed E-state index contributed by atoms with van der Waals surface area (Å²) in [6, 6.07) is 5.63. The summed E-state index contributed by atoms with van der Waals surface area (Å²) in [5.41, 5.74) is 1.06. The van der Waals surface area contributed by atoms with Gasteiger partial charge in [0.15, 0.2) is 18.1 Å². The molecule has 0 heterocycles. The molecular formula is C14H22N2O4. The lowest BCUT2D eigenvalue weighted by Gasteiger charge is -2.12. The zero-order chi connectivity index (χ0) is 14.8. The minimum absolute atomic E-state index is 0.0525. The topological polar surface area (TPSA) is 68.8 Å². The summed E-state index contributed by atoms with van der Waals surface area (Å²) in [6.45, 7) is 1.62. The van der Waals surface area contributed by atoms with Crippen molar-refractivity contribution >= 4 is 5.91 Å². The molecule has 0 saturated heterocycles. The summed E-state index contributed by atoms with van der Waals surface area (Å²) in [4.78, 5) is 11.6. The van der Waals surface area contributed by atoms with Crippen molar-refractivity contribution < 1.29 is 19.0 Å². The Morgan fingerprint density at radius 1 is 1.25 bits per heavy atom. The Kier molecular flexibility index (Phi) is 7.46. The van der Waals surface area contributed by atoms with Gasteiger partial charge in [-0.2, -0.15) is 0 Å². The number of benzene rings is 1. The van der Waals surface area contributed by atoms with Crippen LogP contribution in [0, 0.1) is 0 Å². The predicted molar refractivity (Wildman–Crippen MR) is 76.1 cm³/mol. The molecule has 0 unspecified atom stereocenters. The number of nitrogens with one attached hydrogen (secondary N) is 2. The number of carbonyl (C=O) groups is 1. The minimum atomic E-state index is -0.192. The van der Waals surface area contributed by atoms with E-state index in [0.717, 1.165) is 12.1 Å². The molecule has 0 bridgehead atoms. The fourth-order valence-electron chi connectivity index (χ4n) is 1.63. The van der Waals surface area contributed by atoms with Gasteiger partial charge in [-0.25, -0.2) is 0 Å². The SMILES string of the molecule is CNCc1ccc(OC)c(OCC(=O)NCCOC)c1. The zero-order valence-electron chi connectivity index (χ0n) is 12.2. The Labute approximate surface area is 119 Å². The molecule has 1 aromatic carbocycles. The van der Waals surface area contributed by atoms with E-state index in [1.54, 1.807) is 14.2 Å². The van der Waals surface area contributed by atoms with E-state index in [1.807, 2.05) is 25.2 Å². The van der Waals surface area contributed by atoms with E-state index in [4.69, 9.17) is 14.2 Å². The molecule has 0 saturated carbocycles. The highest BCUT2D eigenvalue weighted by Crippen LogP contribution is 2.27. The van der Waals surface area contributed by atoms with Crippen molar-refractivity contribution in [1.29, 1.82) is 0 Å². The average molecular weight is 282 g/mol. The number of amides is 1. The number of ether oxygens (including phenoxy) is 3. The summed E-state index contributed by atoms with van der Waals surface area (Å²) in [7, 11) is 5.02. The molecule has 0 aliphatic carbocycles. The third kappa shape index (κ3) is 5.46. The molecule has 0 aliphatic heterocycles. The molecule has 0 atom stereocenters. The van der Waals surface area contributed by atoms with Gasteiger partial charge in [0.1, 0.15) is 0 Å². The first kappa shape index (κ1) is 16.3. The van der Waals surface area contributed by atoms with Crippen LogP contribution in [0.25, 0.3) is 0 Å². The summed E-state index contributed by atoms with van der Waals surface area (Å²) in [5, 5.41) is 5.75. The molecular weight excluding hydrogens is 260 g/mol. The van der Waals surface area contributed by atoms with Crippen molar-refractivity contribution in [2.75, 3.05) is 41.0 Å². The van der Waals surface area contributed by atoms with Crippen LogP contribution < -0.4 is 20.1 Å². The molecule has 6 heteroatoms. The van der Waals surface area contributed by atoms with Gasteiger partial charge in [0, 0.05) is 20.2 Å². The van der Waals surface area contributed by atoms with Crippen LogP contribution in [0.3, 0.4) is 0 Å². The van der Waals surface area contributed by atoms with E-state index in [2.05, 4.69) is 10.6 Å². The number of methoxy groups -OCH3 is 2. The molecule has 0 fully saturated rings. The zero-order valence-corrected chi connectivity index (χ0v) is 12.2. The lowest BCUT2D eigenvalue weighted by molar-refractivity contribution is -0.123. The van der Waals surface area contributed by atoms with Crippen molar-refractivity contribution in [2.24, 2.45) is 0 Å². The van der Waals surface area contributed by atoms with Crippen LogP contribution in [-0.2, 0) is 16.1 Å². The van der Waals surface area contributed by atoms with E-state index in [0.29, 0.717) is 24.7 Å². The Balaban J connectivity index is 2.56. The molecule has 6 nitrogen and oxygen atoms in total. The second-order valence-corrected chi connectivity index (χ2v) is 4.15. The van der Waals surface area contributed by atoms with E-state index in [9.17, 15) is 4.79 Å². The van der Waals surface area contributed by atoms with Crippen LogP contribution in [0.4, 0.5) is 0 Å². The Bertz CT molecular complexity index is 424. The van der Waals surface area contributed by atoms with Gasteiger partial charge in [-0.3, -0.25) is 4.79 Å². The van der Waals surface area contributed by atoms with Crippen molar-refractivity contribution in [1.82, 2.24) is 10.6 Å². The maximum Gasteiger partial charge on any atom is 0.258 e. The largest absolute Gasteiger partial charge is 0.493 e. The smallest absolute Gasteiger partial charge is 0.258 e. The second kappa shape index (κ2) is 9.17. The van der Waals surface area contributed by atoms with E-state index in [1.165, 1.54) is 0 Å². The Hall–Kier alpha value is -1.79. The maximum absolute atomic E-state index is 11.6. The van der Waals surface area contributed by atoms with Gasteiger partial charge in [-0.05, 0) is 24.7 Å². The normalized spacial score (nSPS) is 10.2. The van der Waals surface area contributed by atoms with Crippen LogP contribution in [0.5, 0.6) is 11.5 Å². The van der Waals surface area contributed by atoms with Gasteiger partial charge in [-0.1, -0.05) is 6.07 Å². The van der Waals surface area contributed by atoms with Crippen molar-refractivity contribution in [3.63, 3.8) is 0 Å². The van der Waals surface area contributed by atoms with E-state index >= 15 is 0 Å². The Morgan fingerprint density at radius 2 is 2.05 bits per heavy atom. The lowest BCUT2D eigenvalue weighted by Crippen LogP contribution is -2.31. The summed E-state index contributed by atoms with van der Waals surface area (Å²) < 4.78 is 15.6. The first-order valence-electron chi connectivity index (χ1n) is 6.41. The summed E-state index contributed by atoms with van der Waals surface area (Å²) >= 11 is 0. The fraction of sp³-hybridized carbons (Fsp3) is 0.500. The average Bonchev–Trinajstić information content (AvgIpc) is 2.46. The molecule has 1 amide bonds. The highest BCUT2D eigenvalue weighted by atomic mass is 16.5. The first-order valence-corrected chi connectivity index (χ1v) is 6.41. The van der Waals surface area contributed by atoms with Crippen molar-refractivity contribution in [2.45, 2.75) is 6.54 Å². The van der Waals surface area contributed by atoms with Crippen LogP contribution >= 0.6 is 0 Å².